The highest BCUT2D eigenvalue weighted by Crippen LogP contribution is 2.44. The van der Waals surface area contributed by atoms with Gasteiger partial charge in [0.1, 0.15) is 18.5 Å². The molecule has 0 spiro atoms. The van der Waals surface area contributed by atoms with Gasteiger partial charge in [0.25, 0.3) is 0 Å². The largest absolute Gasteiger partial charge is 0.491 e. The molecule has 0 radical (unpaired) electrons. The molecule has 1 aromatic rings. The summed E-state index contributed by atoms with van der Waals surface area (Å²) in [7, 11) is 0. The highest BCUT2D eigenvalue weighted by atomic mass is 16.5. The Hall–Kier alpha value is -1.10. The van der Waals surface area contributed by atoms with Gasteiger partial charge in [-0.25, -0.2) is 0 Å². The smallest absolute Gasteiger partial charge is 0.122 e. The number of hydrogen-bond acceptors (Lipinski definition) is 4. The molecule has 0 bridgehead atoms. The number of hydrogen-bond donors (Lipinski definition) is 3. The monoisotopic (exact) mass is 279 g/mol. The van der Waals surface area contributed by atoms with Crippen LogP contribution < -0.4 is 10.1 Å². The number of benzene rings is 1. The Labute approximate surface area is 120 Å². The molecule has 0 aromatic heterocycles. The van der Waals surface area contributed by atoms with Crippen molar-refractivity contribution in [2.45, 2.75) is 32.8 Å². The molecule has 0 heterocycles. The number of rotatable bonds is 8. The van der Waals surface area contributed by atoms with Crippen LogP contribution >= 0.6 is 0 Å². The zero-order valence-corrected chi connectivity index (χ0v) is 12.4. The molecule has 1 fully saturated rings. The van der Waals surface area contributed by atoms with E-state index in [0.717, 1.165) is 36.3 Å². The van der Waals surface area contributed by atoms with Gasteiger partial charge >= 0.3 is 0 Å². The lowest BCUT2D eigenvalue weighted by atomic mass is 10.1. The van der Waals surface area contributed by atoms with Gasteiger partial charge in [-0.3, -0.25) is 0 Å². The van der Waals surface area contributed by atoms with Crippen molar-refractivity contribution in [2.24, 2.45) is 5.41 Å². The average Bonchev–Trinajstić information content (AvgIpc) is 3.20. The van der Waals surface area contributed by atoms with Gasteiger partial charge in [0.05, 0.1) is 0 Å². The lowest BCUT2D eigenvalue weighted by Crippen LogP contribution is -2.35. The van der Waals surface area contributed by atoms with Crippen LogP contribution in [0, 0.1) is 19.3 Å². The van der Waals surface area contributed by atoms with E-state index in [1.54, 1.807) is 0 Å². The molecule has 112 valence electrons. The van der Waals surface area contributed by atoms with E-state index in [4.69, 9.17) is 4.74 Å². The van der Waals surface area contributed by atoms with Gasteiger partial charge < -0.3 is 20.3 Å². The van der Waals surface area contributed by atoms with Crippen LogP contribution in [0.3, 0.4) is 0 Å². The quantitative estimate of drug-likeness (QED) is 0.673. The second-order valence-electron chi connectivity index (χ2n) is 6.02. The van der Waals surface area contributed by atoms with E-state index >= 15 is 0 Å². The molecular weight excluding hydrogens is 254 g/mol. The van der Waals surface area contributed by atoms with Gasteiger partial charge in [-0.1, -0.05) is 12.1 Å². The molecular formula is C16H25NO3. The van der Waals surface area contributed by atoms with Crippen LogP contribution in [0.1, 0.15) is 24.0 Å². The normalized spacial score (nSPS) is 17.8. The minimum Gasteiger partial charge on any atom is -0.491 e. The fraction of sp³-hybridized carbons (Fsp3) is 0.625. The molecule has 1 aromatic carbocycles. The highest BCUT2D eigenvalue weighted by Gasteiger charge is 2.41. The van der Waals surface area contributed by atoms with Crippen molar-refractivity contribution in [3.05, 3.63) is 29.3 Å². The van der Waals surface area contributed by atoms with Gasteiger partial charge in [-0.05, 0) is 43.9 Å². The Balaban J connectivity index is 1.69. The molecule has 0 amide bonds. The van der Waals surface area contributed by atoms with Crippen molar-refractivity contribution in [2.75, 3.05) is 26.3 Å². The Morgan fingerprint density at radius 2 is 2.10 bits per heavy atom. The number of ether oxygens (including phenoxy) is 1. The minimum absolute atomic E-state index is 0.0771. The maximum absolute atomic E-state index is 9.91. The summed E-state index contributed by atoms with van der Waals surface area (Å²) in [6.07, 6.45) is 1.61. The Bertz CT molecular complexity index is 443. The molecule has 1 unspecified atom stereocenters. The molecule has 1 aliphatic carbocycles. The van der Waals surface area contributed by atoms with Crippen LogP contribution in [0.5, 0.6) is 5.75 Å². The maximum Gasteiger partial charge on any atom is 0.122 e. The third kappa shape index (κ3) is 4.20. The van der Waals surface area contributed by atoms with E-state index in [-0.39, 0.29) is 18.6 Å². The lowest BCUT2D eigenvalue weighted by Gasteiger charge is -2.17. The van der Waals surface area contributed by atoms with Crippen LogP contribution in [-0.4, -0.2) is 42.6 Å². The molecule has 1 saturated carbocycles. The third-order valence-electron chi connectivity index (χ3n) is 3.95. The number of nitrogens with one attached hydrogen (secondary N) is 1. The van der Waals surface area contributed by atoms with Crippen LogP contribution in [0.2, 0.25) is 0 Å². The maximum atomic E-state index is 9.91. The third-order valence-corrected chi connectivity index (χ3v) is 3.95. The van der Waals surface area contributed by atoms with E-state index in [1.165, 1.54) is 0 Å². The SMILES string of the molecule is Cc1ccc(C)c(OCC(O)CNCC2(CO)CC2)c1. The molecule has 0 aliphatic heterocycles. The molecule has 1 atom stereocenters. The van der Waals surface area contributed by atoms with Crippen molar-refractivity contribution >= 4 is 0 Å². The fourth-order valence-electron chi connectivity index (χ4n) is 2.18. The van der Waals surface area contributed by atoms with Gasteiger partial charge in [-0.2, -0.15) is 0 Å². The average molecular weight is 279 g/mol. The van der Waals surface area contributed by atoms with Gasteiger partial charge in [0, 0.05) is 25.1 Å². The van der Waals surface area contributed by atoms with Gasteiger partial charge in [0.2, 0.25) is 0 Å². The van der Waals surface area contributed by atoms with Gasteiger partial charge in [0.15, 0.2) is 0 Å². The first-order chi connectivity index (χ1) is 9.54. The Morgan fingerprint density at radius 1 is 1.35 bits per heavy atom. The second kappa shape index (κ2) is 6.57. The first-order valence-corrected chi connectivity index (χ1v) is 7.24. The summed E-state index contributed by atoms with van der Waals surface area (Å²) in [6.45, 7) is 5.79. The van der Waals surface area contributed by atoms with E-state index < -0.39 is 6.10 Å². The number of aliphatic hydroxyl groups is 2. The van der Waals surface area contributed by atoms with Crippen molar-refractivity contribution in [1.82, 2.24) is 5.32 Å². The summed E-state index contributed by atoms with van der Waals surface area (Å²) >= 11 is 0. The molecule has 2 rings (SSSR count). The summed E-state index contributed by atoms with van der Waals surface area (Å²) < 4.78 is 5.66. The van der Waals surface area contributed by atoms with Crippen molar-refractivity contribution in [3.8, 4) is 5.75 Å². The summed E-state index contributed by atoms with van der Waals surface area (Å²) in [5.74, 6) is 0.832. The standard InChI is InChI=1S/C16H25NO3/c1-12-3-4-13(2)15(7-12)20-9-14(19)8-17-10-16(11-18)5-6-16/h3-4,7,14,17-19H,5-6,8-11H2,1-2H3. The molecule has 0 saturated heterocycles. The van der Waals surface area contributed by atoms with Crippen molar-refractivity contribution < 1.29 is 14.9 Å². The summed E-state index contributed by atoms with van der Waals surface area (Å²) in [5.41, 5.74) is 2.30. The molecule has 20 heavy (non-hydrogen) atoms. The number of aryl methyl sites for hydroxylation is 2. The van der Waals surface area contributed by atoms with E-state index in [9.17, 15) is 10.2 Å². The fourth-order valence-corrected chi connectivity index (χ4v) is 2.18. The summed E-state index contributed by atoms with van der Waals surface area (Å²) in [4.78, 5) is 0. The lowest BCUT2D eigenvalue weighted by molar-refractivity contribution is 0.102. The first-order valence-electron chi connectivity index (χ1n) is 7.24. The second-order valence-corrected chi connectivity index (χ2v) is 6.02. The van der Waals surface area contributed by atoms with Crippen molar-refractivity contribution in [3.63, 3.8) is 0 Å². The first kappa shape index (κ1) is 15.3. The van der Waals surface area contributed by atoms with E-state index in [1.807, 2.05) is 32.0 Å². The summed E-state index contributed by atoms with van der Waals surface area (Å²) in [5, 5.41) is 22.3. The topological polar surface area (TPSA) is 61.7 Å². The van der Waals surface area contributed by atoms with Crippen LogP contribution in [0.15, 0.2) is 18.2 Å². The minimum atomic E-state index is -0.538. The number of aliphatic hydroxyl groups excluding tert-OH is 2. The zero-order chi connectivity index (χ0) is 14.6. The molecule has 4 heteroatoms. The highest BCUT2D eigenvalue weighted by molar-refractivity contribution is 5.35. The predicted octanol–water partition coefficient (Wildman–Crippen LogP) is 1.41. The zero-order valence-electron chi connectivity index (χ0n) is 12.4. The van der Waals surface area contributed by atoms with Crippen LogP contribution in [-0.2, 0) is 0 Å². The molecule has 4 nitrogen and oxygen atoms in total. The van der Waals surface area contributed by atoms with E-state index in [2.05, 4.69) is 5.32 Å². The Kier molecular flexibility index (Phi) is 5.02. The van der Waals surface area contributed by atoms with Crippen LogP contribution in [0.4, 0.5) is 0 Å². The van der Waals surface area contributed by atoms with Crippen LogP contribution in [0.25, 0.3) is 0 Å². The summed E-state index contributed by atoms with van der Waals surface area (Å²) in [6, 6.07) is 6.05. The van der Waals surface area contributed by atoms with Crippen molar-refractivity contribution in [1.29, 1.82) is 0 Å². The molecule has 3 N–H and O–H groups in total. The predicted molar refractivity (Wildman–Crippen MR) is 79.0 cm³/mol. The van der Waals surface area contributed by atoms with Gasteiger partial charge in [-0.15, -0.1) is 0 Å². The van der Waals surface area contributed by atoms with E-state index in [0.29, 0.717) is 6.54 Å². The Morgan fingerprint density at radius 3 is 2.75 bits per heavy atom. The molecule has 1 aliphatic rings.